The van der Waals surface area contributed by atoms with E-state index in [1.54, 1.807) is 0 Å². The Morgan fingerprint density at radius 2 is 2.00 bits per heavy atom. The summed E-state index contributed by atoms with van der Waals surface area (Å²) in [6.07, 6.45) is 8.22. The summed E-state index contributed by atoms with van der Waals surface area (Å²) >= 11 is 0. The maximum atomic E-state index is 11.8. The van der Waals surface area contributed by atoms with Gasteiger partial charge < -0.3 is 4.74 Å². The molecule has 0 aromatic heterocycles. The Morgan fingerprint density at radius 3 is 2.65 bits per heavy atom. The fourth-order valence-electron chi connectivity index (χ4n) is 1.70. The topological polar surface area (TPSA) is 26.3 Å². The molecule has 20 heavy (non-hydrogen) atoms. The molecule has 1 aromatic rings. The fraction of sp³-hybridized carbons (Fsp3) is 0.389. The second-order valence-corrected chi connectivity index (χ2v) is 4.99. The third-order valence-corrected chi connectivity index (χ3v) is 3.07. The van der Waals surface area contributed by atoms with E-state index in [1.807, 2.05) is 49.4 Å². The Morgan fingerprint density at radius 1 is 1.30 bits per heavy atom. The Hall–Kier alpha value is -1.83. The van der Waals surface area contributed by atoms with E-state index >= 15 is 0 Å². The maximum absolute atomic E-state index is 11.8. The van der Waals surface area contributed by atoms with Crippen molar-refractivity contribution < 1.29 is 9.53 Å². The SMILES string of the molecule is CC/C(C)=C/C=C/CC(C)OC(=O)Cc1ccccc1. The van der Waals surface area contributed by atoms with Gasteiger partial charge in [0.2, 0.25) is 0 Å². The molecule has 0 heterocycles. The second kappa shape index (κ2) is 9.13. The lowest BCUT2D eigenvalue weighted by Crippen LogP contribution is -2.15. The summed E-state index contributed by atoms with van der Waals surface area (Å²) in [5, 5.41) is 0. The van der Waals surface area contributed by atoms with Crippen LogP contribution in [0.15, 0.2) is 54.1 Å². The van der Waals surface area contributed by atoms with E-state index in [4.69, 9.17) is 4.74 Å². The molecule has 0 fully saturated rings. The molecule has 1 unspecified atom stereocenters. The largest absolute Gasteiger partial charge is 0.462 e. The van der Waals surface area contributed by atoms with Crippen molar-refractivity contribution in [1.29, 1.82) is 0 Å². The summed E-state index contributed by atoms with van der Waals surface area (Å²) in [4.78, 5) is 11.8. The monoisotopic (exact) mass is 272 g/mol. The van der Waals surface area contributed by atoms with Crippen LogP contribution in [0.2, 0.25) is 0 Å². The van der Waals surface area contributed by atoms with Crippen molar-refractivity contribution in [2.75, 3.05) is 0 Å². The number of ether oxygens (including phenoxy) is 1. The average molecular weight is 272 g/mol. The molecular formula is C18H24O2. The molecule has 0 saturated carbocycles. The second-order valence-electron chi connectivity index (χ2n) is 4.99. The number of allylic oxidation sites excluding steroid dienone is 3. The zero-order valence-corrected chi connectivity index (χ0v) is 12.6. The highest BCUT2D eigenvalue weighted by molar-refractivity contribution is 5.72. The Labute approximate surface area is 122 Å². The van der Waals surface area contributed by atoms with Crippen LogP contribution in [0.1, 0.15) is 39.2 Å². The van der Waals surface area contributed by atoms with E-state index in [0.717, 1.165) is 18.4 Å². The van der Waals surface area contributed by atoms with Crippen molar-refractivity contribution in [3.05, 3.63) is 59.7 Å². The van der Waals surface area contributed by atoms with Crippen LogP contribution >= 0.6 is 0 Å². The molecule has 0 aliphatic carbocycles. The summed E-state index contributed by atoms with van der Waals surface area (Å²) < 4.78 is 5.38. The van der Waals surface area contributed by atoms with Crippen LogP contribution in [0, 0.1) is 0 Å². The van der Waals surface area contributed by atoms with Crippen molar-refractivity contribution >= 4 is 5.97 Å². The predicted octanol–water partition coefficient (Wildman–Crippen LogP) is 4.46. The zero-order valence-electron chi connectivity index (χ0n) is 12.6. The van der Waals surface area contributed by atoms with Gasteiger partial charge in [-0.05, 0) is 25.8 Å². The first-order valence-electron chi connectivity index (χ1n) is 7.17. The van der Waals surface area contributed by atoms with E-state index in [-0.39, 0.29) is 12.1 Å². The standard InChI is InChI=1S/C18H24O2/c1-4-15(2)10-8-9-11-16(3)20-18(19)14-17-12-6-5-7-13-17/h5-10,12-13,16H,4,11,14H2,1-3H3/b9-8+,15-10+. The number of hydrogen-bond acceptors (Lipinski definition) is 2. The van der Waals surface area contributed by atoms with E-state index < -0.39 is 0 Å². The predicted molar refractivity (Wildman–Crippen MR) is 83.5 cm³/mol. The Bertz CT molecular complexity index is 458. The van der Waals surface area contributed by atoms with Crippen LogP contribution in [-0.2, 0) is 16.0 Å². The van der Waals surface area contributed by atoms with Gasteiger partial charge in [-0.1, -0.05) is 61.1 Å². The van der Waals surface area contributed by atoms with Crippen LogP contribution in [0.3, 0.4) is 0 Å². The molecule has 0 saturated heterocycles. The molecule has 0 aliphatic heterocycles. The molecule has 108 valence electrons. The highest BCUT2D eigenvalue weighted by Crippen LogP contribution is 2.05. The molecule has 0 radical (unpaired) electrons. The Kier molecular flexibility index (Phi) is 7.41. The van der Waals surface area contributed by atoms with Crippen LogP contribution in [0.25, 0.3) is 0 Å². The number of rotatable bonds is 7. The highest BCUT2D eigenvalue weighted by Gasteiger charge is 2.08. The van der Waals surface area contributed by atoms with Crippen LogP contribution in [-0.4, -0.2) is 12.1 Å². The van der Waals surface area contributed by atoms with Gasteiger partial charge in [0.15, 0.2) is 0 Å². The molecule has 0 aliphatic rings. The number of esters is 1. The maximum Gasteiger partial charge on any atom is 0.310 e. The summed E-state index contributed by atoms with van der Waals surface area (Å²) in [6.45, 7) is 6.16. The van der Waals surface area contributed by atoms with Gasteiger partial charge in [0.1, 0.15) is 6.10 Å². The average Bonchev–Trinajstić information content (AvgIpc) is 2.44. The summed E-state index contributed by atoms with van der Waals surface area (Å²) in [7, 11) is 0. The Balaban J connectivity index is 2.31. The fourth-order valence-corrected chi connectivity index (χ4v) is 1.70. The van der Waals surface area contributed by atoms with E-state index in [0.29, 0.717) is 6.42 Å². The first kappa shape index (κ1) is 16.2. The lowest BCUT2D eigenvalue weighted by Gasteiger charge is -2.11. The smallest absolute Gasteiger partial charge is 0.310 e. The van der Waals surface area contributed by atoms with Gasteiger partial charge in [-0.3, -0.25) is 4.79 Å². The molecule has 1 atom stereocenters. The molecule has 1 aromatic carbocycles. The molecule has 0 N–H and O–H groups in total. The summed E-state index contributed by atoms with van der Waals surface area (Å²) in [5.74, 6) is -0.169. The van der Waals surface area contributed by atoms with Gasteiger partial charge in [-0.15, -0.1) is 0 Å². The van der Waals surface area contributed by atoms with Crippen molar-refractivity contribution in [3.8, 4) is 0 Å². The molecule has 0 bridgehead atoms. The lowest BCUT2D eigenvalue weighted by molar-refractivity contribution is -0.147. The van der Waals surface area contributed by atoms with Crippen molar-refractivity contribution in [3.63, 3.8) is 0 Å². The van der Waals surface area contributed by atoms with Crippen molar-refractivity contribution in [2.24, 2.45) is 0 Å². The lowest BCUT2D eigenvalue weighted by atomic mass is 10.1. The summed E-state index contributed by atoms with van der Waals surface area (Å²) in [5.41, 5.74) is 2.33. The normalized spacial score (nSPS) is 13.4. The first-order valence-corrected chi connectivity index (χ1v) is 7.17. The number of benzene rings is 1. The molecule has 2 nitrogen and oxygen atoms in total. The minimum absolute atomic E-state index is 0.0854. The van der Waals surface area contributed by atoms with Crippen molar-refractivity contribution in [1.82, 2.24) is 0 Å². The van der Waals surface area contributed by atoms with Gasteiger partial charge in [-0.2, -0.15) is 0 Å². The number of carbonyl (C=O) groups is 1. The molecule has 2 heteroatoms. The number of hydrogen-bond donors (Lipinski definition) is 0. The third-order valence-electron chi connectivity index (χ3n) is 3.07. The van der Waals surface area contributed by atoms with Gasteiger partial charge in [0.05, 0.1) is 6.42 Å². The minimum Gasteiger partial charge on any atom is -0.462 e. The molecule has 0 spiro atoms. The first-order chi connectivity index (χ1) is 9.61. The number of carbonyl (C=O) groups excluding carboxylic acids is 1. The van der Waals surface area contributed by atoms with Gasteiger partial charge >= 0.3 is 5.97 Å². The van der Waals surface area contributed by atoms with E-state index in [2.05, 4.69) is 19.9 Å². The van der Waals surface area contributed by atoms with E-state index in [1.165, 1.54) is 5.57 Å². The van der Waals surface area contributed by atoms with E-state index in [9.17, 15) is 4.79 Å². The van der Waals surface area contributed by atoms with Gasteiger partial charge in [0, 0.05) is 6.42 Å². The van der Waals surface area contributed by atoms with Crippen LogP contribution in [0.4, 0.5) is 0 Å². The molecule has 0 amide bonds. The van der Waals surface area contributed by atoms with Crippen LogP contribution < -0.4 is 0 Å². The molecular weight excluding hydrogens is 248 g/mol. The van der Waals surface area contributed by atoms with Crippen LogP contribution in [0.5, 0.6) is 0 Å². The zero-order chi connectivity index (χ0) is 14.8. The van der Waals surface area contributed by atoms with Gasteiger partial charge in [0.25, 0.3) is 0 Å². The minimum atomic E-state index is -0.169. The highest BCUT2D eigenvalue weighted by atomic mass is 16.5. The molecule has 1 rings (SSSR count). The quantitative estimate of drug-likeness (QED) is 0.541. The third kappa shape index (κ3) is 6.93. The summed E-state index contributed by atoms with van der Waals surface area (Å²) in [6, 6.07) is 9.66. The van der Waals surface area contributed by atoms with Crippen molar-refractivity contribution in [2.45, 2.75) is 46.1 Å². The van der Waals surface area contributed by atoms with Gasteiger partial charge in [-0.25, -0.2) is 0 Å².